The quantitative estimate of drug-likeness (QED) is 0.0351. The summed E-state index contributed by atoms with van der Waals surface area (Å²) in [4.78, 5) is 96.2. The molecule has 0 heterocycles. The molecule has 16 N–H and O–H groups in total. The number of hydrogen-bond acceptors (Lipinski definition) is 14. The number of carbonyl (C=O) groups excluding carboxylic acids is 6. The summed E-state index contributed by atoms with van der Waals surface area (Å²) < 4.78 is 11.4. The average molecular weight is 945 g/mol. The van der Waals surface area contributed by atoms with E-state index in [1.807, 2.05) is 0 Å². The average Bonchev–Trinajstić information content (AvgIpc) is 3.28. The van der Waals surface area contributed by atoms with Gasteiger partial charge >= 0.3 is 11.9 Å². The molecule has 66 heavy (non-hydrogen) atoms. The molecular weight excluding hydrogens is 861 g/mol. The molecule has 22 nitrogen and oxygen atoms in total. The molecule has 0 aromatic carbocycles. The van der Waals surface area contributed by atoms with Crippen LogP contribution in [0.4, 0.5) is 0 Å². The lowest BCUT2D eigenvalue weighted by Gasteiger charge is -2.18. The molecule has 0 saturated heterocycles. The molecule has 0 aliphatic heterocycles. The van der Waals surface area contributed by atoms with E-state index in [9.17, 15) is 38.4 Å². The Bertz CT molecular complexity index is 1280. The normalized spacial score (nSPS) is 12.8. The van der Waals surface area contributed by atoms with E-state index in [0.717, 1.165) is 25.7 Å². The van der Waals surface area contributed by atoms with Gasteiger partial charge in [-0.1, -0.05) is 12.8 Å². The molecule has 0 aromatic heterocycles. The van der Waals surface area contributed by atoms with Gasteiger partial charge in [-0.15, -0.1) is 0 Å². The topological polar surface area (TPSA) is 372 Å². The second-order valence-corrected chi connectivity index (χ2v) is 16.3. The number of amides is 6. The number of carboxylic acid groups (broad SMARTS) is 2. The molecule has 0 fully saturated rings. The zero-order valence-corrected chi connectivity index (χ0v) is 39.2. The predicted octanol–water partition coefficient (Wildman–Crippen LogP) is -0.223. The molecule has 382 valence electrons. The lowest BCUT2D eigenvalue weighted by molar-refractivity contribution is -0.138. The van der Waals surface area contributed by atoms with E-state index in [2.05, 4.69) is 31.9 Å². The van der Waals surface area contributed by atoms with Crippen LogP contribution in [0.3, 0.4) is 0 Å². The fourth-order valence-corrected chi connectivity index (χ4v) is 6.37. The van der Waals surface area contributed by atoms with Gasteiger partial charge in [0.25, 0.3) is 0 Å². The van der Waals surface area contributed by atoms with Crippen molar-refractivity contribution >= 4 is 47.4 Å². The molecule has 6 amide bonds. The molecule has 22 heteroatoms. The number of nitrogens with two attached hydrogens (primary N) is 4. The molecule has 0 aromatic rings. The van der Waals surface area contributed by atoms with Gasteiger partial charge < -0.3 is 74.5 Å². The first-order valence-electron chi connectivity index (χ1n) is 23.9. The highest BCUT2D eigenvalue weighted by Gasteiger charge is 2.22. The minimum atomic E-state index is -1.01. The summed E-state index contributed by atoms with van der Waals surface area (Å²) in [6.45, 7) is 4.52. The van der Waals surface area contributed by atoms with Crippen molar-refractivity contribution in [3.8, 4) is 0 Å². The van der Waals surface area contributed by atoms with Crippen molar-refractivity contribution in [3.05, 3.63) is 0 Å². The molecular formula is C44H84N10O12. The predicted molar refractivity (Wildman–Crippen MR) is 248 cm³/mol. The fraction of sp³-hybridized carbons (Fsp3) is 0.818. The van der Waals surface area contributed by atoms with Crippen LogP contribution in [-0.2, 0) is 47.8 Å². The Hall–Kier alpha value is -4.48. The van der Waals surface area contributed by atoms with Gasteiger partial charge in [-0.05, 0) is 116 Å². The van der Waals surface area contributed by atoms with Crippen LogP contribution in [0.25, 0.3) is 0 Å². The largest absolute Gasteiger partial charge is 0.481 e. The molecule has 0 spiro atoms. The molecule has 4 atom stereocenters. The molecule has 0 rings (SSSR count). The highest BCUT2D eigenvalue weighted by atomic mass is 16.5. The van der Waals surface area contributed by atoms with Gasteiger partial charge in [0.1, 0.15) is 12.1 Å². The summed E-state index contributed by atoms with van der Waals surface area (Å²) in [6.07, 6.45) is 10.6. The summed E-state index contributed by atoms with van der Waals surface area (Å²) in [6, 6.07) is -3.09. The van der Waals surface area contributed by atoms with Crippen LogP contribution < -0.4 is 54.8 Å². The summed E-state index contributed by atoms with van der Waals surface area (Å²) in [5.41, 5.74) is 22.6. The van der Waals surface area contributed by atoms with Crippen LogP contribution in [0.2, 0.25) is 0 Å². The van der Waals surface area contributed by atoms with E-state index in [4.69, 9.17) is 42.6 Å². The smallest absolute Gasteiger partial charge is 0.303 e. The molecule has 0 saturated carbocycles. The zero-order valence-electron chi connectivity index (χ0n) is 39.2. The Morgan fingerprint density at radius 1 is 0.394 bits per heavy atom. The van der Waals surface area contributed by atoms with Crippen LogP contribution in [0.5, 0.6) is 0 Å². The van der Waals surface area contributed by atoms with Crippen molar-refractivity contribution < 1.29 is 58.0 Å². The number of nitrogens with one attached hydrogen (secondary N) is 6. The van der Waals surface area contributed by atoms with Crippen LogP contribution in [-0.4, -0.2) is 147 Å². The molecule has 0 radical (unpaired) electrons. The first kappa shape index (κ1) is 61.5. The number of aliphatic carboxylic acids is 2. The van der Waals surface area contributed by atoms with Gasteiger partial charge in [0, 0.05) is 78.3 Å². The Morgan fingerprint density at radius 2 is 0.742 bits per heavy atom. The summed E-state index contributed by atoms with van der Waals surface area (Å²) in [5, 5.41) is 34.2. The Kier molecular flexibility index (Phi) is 39.1. The highest BCUT2D eigenvalue weighted by Crippen LogP contribution is 2.07. The van der Waals surface area contributed by atoms with Crippen LogP contribution in [0.15, 0.2) is 0 Å². The van der Waals surface area contributed by atoms with E-state index in [1.165, 1.54) is 0 Å². The minimum Gasteiger partial charge on any atom is -0.481 e. The Balaban J connectivity index is 4.17. The first-order chi connectivity index (χ1) is 31.7. The third-order valence-corrected chi connectivity index (χ3v) is 10.3. The van der Waals surface area contributed by atoms with Crippen LogP contribution in [0.1, 0.15) is 141 Å². The van der Waals surface area contributed by atoms with Crippen molar-refractivity contribution in [2.24, 2.45) is 22.9 Å². The maximum Gasteiger partial charge on any atom is 0.303 e. The van der Waals surface area contributed by atoms with Crippen LogP contribution >= 0.6 is 0 Å². The molecule has 0 aliphatic rings. The van der Waals surface area contributed by atoms with Crippen LogP contribution in [0, 0.1) is 0 Å². The second kappa shape index (κ2) is 41.9. The number of unbranched alkanes of at least 4 members (excludes halogenated alkanes) is 7. The molecule has 0 bridgehead atoms. The van der Waals surface area contributed by atoms with Crippen molar-refractivity contribution in [1.29, 1.82) is 0 Å². The van der Waals surface area contributed by atoms with E-state index in [0.29, 0.717) is 143 Å². The monoisotopic (exact) mass is 945 g/mol. The number of carbonyl (C=O) groups is 8. The van der Waals surface area contributed by atoms with Crippen molar-refractivity contribution in [2.45, 2.75) is 165 Å². The third-order valence-electron chi connectivity index (χ3n) is 10.3. The summed E-state index contributed by atoms with van der Waals surface area (Å²) >= 11 is 0. The highest BCUT2D eigenvalue weighted by molar-refractivity contribution is 5.88. The van der Waals surface area contributed by atoms with E-state index in [-0.39, 0.29) is 62.2 Å². The summed E-state index contributed by atoms with van der Waals surface area (Å²) in [7, 11) is 0. The van der Waals surface area contributed by atoms with Crippen molar-refractivity contribution in [1.82, 2.24) is 31.9 Å². The van der Waals surface area contributed by atoms with Gasteiger partial charge in [-0.2, -0.15) is 0 Å². The van der Waals surface area contributed by atoms with Gasteiger partial charge in [0.05, 0.1) is 12.1 Å². The SMILES string of the molecule is NCCCC[C@H](NC(=O)CCCCCNC(=O)[C@@H](N)CCC(=O)O)C(=O)NCCCOCCCCOCCCNC(=O)[C@H](CCCCN)NC(=O)CCCCCNC(=O)[C@@H](N)CCC(=O)O. The number of hydrogen-bond donors (Lipinski definition) is 12. The standard InChI is InChI=1S/C44H84N10O12/c45-23-7-5-15-35(53-37(55)17-3-1-9-25-49-41(61)33(47)19-21-39(57)58)43(63)51-27-13-31-65-29-11-12-30-66-32-14-28-52-44(64)36(16-6-8-24-46)54-38(56)18-4-2-10-26-50-42(62)34(48)20-22-40(59)60/h33-36H,1-32,45-48H2,(H,49,61)(H,50,62)(H,51,63)(H,52,64)(H,53,55)(H,54,56)(H,57,58)(H,59,60)/t33-,34-,35-,36-/m0/s1. The van der Waals surface area contributed by atoms with Gasteiger partial charge in [0.2, 0.25) is 35.4 Å². The van der Waals surface area contributed by atoms with Crippen molar-refractivity contribution in [3.63, 3.8) is 0 Å². The molecule has 0 unspecified atom stereocenters. The zero-order chi connectivity index (χ0) is 49.2. The van der Waals surface area contributed by atoms with E-state index in [1.54, 1.807) is 0 Å². The number of ether oxygens (including phenoxy) is 2. The second-order valence-electron chi connectivity index (χ2n) is 16.3. The lowest BCUT2D eigenvalue weighted by Crippen LogP contribution is -2.47. The van der Waals surface area contributed by atoms with Gasteiger partial charge in [0.15, 0.2) is 0 Å². The third kappa shape index (κ3) is 36.7. The van der Waals surface area contributed by atoms with Crippen molar-refractivity contribution in [2.75, 3.05) is 65.7 Å². The Labute approximate surface area is 390 Å². The lowest BCUT2D eigenvalue weighted by atomic mass is 10.1. The Morgan fingerprint density at radius 3 is 1.11 bits per heavy atom. The maximum absolute atomic E-state index is 12.9. The van der Waals surface area contributed by atoms with E-state index < -0.39 is 47.9 Å². The summed E-state index contributed by atoms with van der Waals surface area (Å²) in [5.74, 6) is -3.79. The van der Waals surface area contributed by atoms with Gasteiger partial charge in [-0.3, -0.25) is 38.4 Å². The molecule has 0 aliphatic carbocycles. The number of carboxylic acids is 2. The van der Waals surface area contributed by atoms with Gasteiger partial charge in [-0.25, -0.2) is 0 Å². The van der Waals surface area contributed by atoms with E-state index >= 15 is 0 Å². The fourth-order valence-electron chi connectivity index (χ4n) is 6.37. The maximum atomic E-state index is 12.9. The first-order valence-corrected chi connectivity index (χ1v) is 23.9. The number of rotatable bonds is 45. The minimum absolute atomic E-state index is 0.0605.